The minimum Gasteiger partial charge on any atom is -0.300 e. The molecule has 6 heteroatoms. The first-order valence-electron chi connectivity index (χ1n) is 6.07. The van der Waals surface area contributed by atoms with E-state index in [2.05, 4.69) is 15.9 Å². The van der Waals surface area contributed by atoms with Gasteiger partial charge in [-0.2, -0.15) is 0 Å². The average Bonchev–Trinajstić information content (AvgIpc) is 2.66. The van der Waals surface area contributed by atoms with Crippen LogP contribution in [0.3, 0.4) is 0 Å². The second-order valence-electron chi connectivity index (χ2n) is 4.62. The van der Waals surface area contributed by atoms with Crippen molar-refractivity contribution < 1.29 is 14.0 Å². The zero-order chi connectivity index (χ0) is 15.1. The summed E-state index contributed by atoms with van der Waals surface area (Å²) in [4.78, 5) is 25.3. The number of carbonyl (C=O) groups excluding carboxylic acids is 2. The fraction of sp³-hybridized carbons (Fsp3) is 0.0667. The van der Waals surface area contributed by atoms with Crippen molar-refractivity contribution in [1.29, 1.82) is 0 Å². The summed E-state index contributed by atoms with van der Waals surface area (Å²) in [6.45, 7) is -0.0168. The minimum absolute atomic E-state index is 0.0168. The number of amides is 1. The van der Waals surface area contributed by atoms with Crippen molar-refractivity contribution in [3.05, 3.63) is 62.8 Å². The Labute approximate surface area is 133 Å². The lowest BCUT2D eigenvalue weighted by molar-refractivity contribution is -0.114. The van der Waals surface area contributed by atoms with Gasteiger partial charge in [0.25, 0.3) is 11.7 Å². The largest absolute Gasteiger partial charge is 0.300 e. The van der Waals surface area contributed by atoms with Gasteiger partial charge in [-0.3, -0.25) is 9.59 Å². The molecule has 0 radical (unpaired) electrons. The Bertz CT molecular complexity index is 778. The number of rotatable bonds is 2. The van der Waals surface area contributed by atoms with Crippen molar-refractivity contribution in [1.82, 2.24) is 0 Å². The minimum atomic E-state index is -0.655. The first-order valence-corrected chi connectivity index (χ1v) is 7.24. The molecule has 0 aromatic heterocycles. The van der Waals surface area contributed by atoms with E-state index in [-0.39, 0.29) is 11.6 Å². The Hall–Kier alpha value is -1.72. The van der Waals surface area contributed by atoms with Crippen LogP contribution in [-0.2, 0) is 11.3 Å². The molecule has 0 unspecified atom stereocenters. The lowest BCUT2D eigenvalue weighted by Gasteiger charge is -2.17. The van der Waals surface area contributed by atoms with E-state index in [1.165, 1.54) is 17.0 Å². The van der Waals surface area contributed by atoms with Crippen LogP contribution in [0.2, 0.25) is 5.02 Å². The maximum absolute atomic E-state index is 13.9. The highest BCUT2D eigenvalue weighted by molar-refractivity contribution is 9.10. The molecule has 0 saturated heterocycles. The zero-order valence-electron chi connectivity index (χ0n) is 10.6. The van der Waals surface area contributed by atoms with Gasteiger partial charge >= 0.3 is 0 Å². The van der Waals surface area contributed by atoms with Gasteiger partial charge in [-0.05, 0) is 30.3 Å². The standard InChI is InChI=1S/C15H8BrClFNO2/c16-9-2-4-11-13(5-9)19(15(21)14(11)20)7-8-1-3-10(17)6-12(8)18/h1-6H,7H2. The second kappa shape index (κ2) is 5.24. The number of ketones is 1. The average molecular weight is 369 g/mol. The number of halogens is 3. The van der Waals surface area contributed by atoms with Crippen molar-refractivity contribution in [2.24, 2.45) is 0 Å². The van der Waals surface area contributed by atoms with E-state index >= 15 is 0 Å². The number of nitrogens with zero attached hydrogens (tertiary/aromatic N) is 1. The van der Waals surface area contributed by atoms with Gasteiger partial charge in [0.05, 0.1) is 17.8 Å². The maximum Gasteiger partial charge on any atom is 0.299 e. The molecule has 2 aromatic carbocycles. The predicted molar refractivity (Wildman–Crippen MR) is 81.1 cm³/mol. The van der Waals surface area contributed by atoms with Gasteiger partial charge in [-0.15, -0.1) is 0 Å². The Morgan fingerprint density at radius 3 is 2.62 bits per heavy atom. The second-order valence-corrected chi connectivity index (χ2v) is 5.97. The molecular weight excluding hydrogens is 361 g/mol. The molecule has 1 aliphatic rings. The van der Waals surface area contributed by atoms with Crippen LogP contribution in [0.1, 0.15) is 15.9 Å². The van der Waals surface area contributed by atoms with Crippen LogP contribution in [-0.4, -0.2) is 11.7 Å². The van der Waals surface area contributed by atoms with Crippen LogP contribution in [0.25, 0.3) is 0 Å². The summed E-state index contributed by atoms with van der Waals surface area (Å²) in [6.07, 6.45) is 0. The van der Waals surface area contributed by atoms with Crippen molar-refractivity contribution in [2.45, 2.75) is 6.54 Å². The highest BCUT2D eigenvalue weighted by Crippen LogP contribution is 2.33. The van der Waals surface area contributed by atoms with E-state index in [1.807, 2.05) is 0 Å². The number of benzene rings is 2. The first kappa shape index (κ1) is 14.2. The molecule has 0 saturated carbocycles. The molecule has 0 spiro atoms. The molecule has 0 N–H and O–H groups in total. The summed E-state index contributed by atoms with van der Waals surface area (Å²) in [5.74, 6) is -1.74. The Balaban J connectivity index is 2.02. The van der Waals surface area contributed by atoms with E-state index in [0.29, 0.717) is 16.8 Å². The number of carbonyl (C=O) groups is 2. The molecule has 0 fully saturated rings. The van der Waals surface area contributed by atoms with E-state index in [9.17, 15) is 14.0 Å². The van der Waals surface area contributed by atoms with Gasteiger partial charge in [-0.1, -0.05) is 33.6 Å². The molecule has 1 aliphatic heterocycles. The van der Waals surface area contributed by atoms with Crippen LogP contribution < -0.4 is 4.90 Å². The molecular formula is C15H8BrClFNO2. The van der Waals surface area contributed by atoms with Crippen LogP contribution in [0, 0.1) is 5.82 Å². The summed E-state index contributed by atoms with van der Waals surface area (Å²) < 4.78 is 14.6. The molecule has 3 rings (SSSR count). The van der Waals surface area contributed by atoms with Gasteiger partial charge < -0.3 is 4.90 Å². The van der Waals surface area contributed by atoms with Crippen LogP contribution in [0.4, 0.5) is 10.1 Å². The van der Waals surface area contributed by atoms with Gasteiger partial charge in [0.15, 0.2) is 0 Å². The number of hydrogen-bond acceptors (Lipinski definition) is 2. The van der Waals surface area contributed by atoms with Crippen molar-refractivity contribution in [2.75, 3.05) is 4.90 Å². The third-order valence-electron chi connectivity index (χ3n) is 3.28. The van der Waals surface area contributed by atoms with Crippen molar-refractivity contribution in [3.63, 3.8) is 0 Å². The summed E-state index contributed by atoms with van der Waals surface area (Å²) in [5.41, 5.74) is 1.11. The third kappa shape index (κ3) is 2.47. The van der Waals surface area contributed by atoms with Crippen molar-refractivity contribution >= 4 is 44.9 Å². The zero-order valence-corrected chi connectivity index (χ0v) is 12.9. The number of hydrogen-bond donors (Lipinski definition) is 0. The number of Topliss-reactive ketones (excluding diaryl/α,β-unsaturated/α-hetero) is 1. The topological polar surface area (TPSA) is 37.4 Å². The molecule has 0 atom stereocenters. The highest BCUT2D eigenvalue weighted by Gasteiger charge is 2.36. The SMILES string of the molecule is O=C1C(=O)N(Cc2ccc(Cl)cc2F)c2cc(Br)ccc21. The lowest BCUT2D eigenvalue weighted by atomic mass is 10.1. The smallest absolute Gasteiger partial charge is 0.299 e. The van der Waals surface area contributed by atoms with E-state index in [4.69, 9.17) is 11.6 Å². The summed E-state index contributed by atoms with van der Waals surface area (Å²) in [5, 5.41) is 0.281. The van der Waals surface area contributed by atoms with Gasteiger partial charge in [0, 0.05) is 15.1 Å². The molecule has 3 nitrogen and oxygen atoms in total. The Kier molecular flexibility index (Phi) is 3.55. The fourth-order valence-corrected chi connectivity index (χ4v) is 2.75. The fourth-order valence-electron chi connectivity index (χ4n) is 2.24. The quantitative estimate of drug-likeness (QED) is 0.752. The number of fused-ring (bicyclic) bond motifs is 1. The Morgan fingerprint density at radius 1 is 1.14 bits per heavy atom. The monoisotopic (exact) mass is 367 g/mol. The molecule has 0 bridgehead atoms. The van der Waals surface area contributed by atoms with Crippen LogP contribution >= 0.6 is 27.5 Å². The normalized spacial score (nSPS) is 13.8. The first-order chi connectivity index (χ1) is 9.97. The van der Waals surface area contributed by atoms with Gasteiger partial charge in [0.2, 0.25) is 0 Å². The summed E-state index contributed by atoms with van der Waals surface area (Å²) in [7, 11) is 0. The van der Waals surface area contributed by atoms with E-state index < -0.39 is 17.5 Å². The van der Waals surface area contributed by atoms with Crippen LogP contribution in [0.15, 0.2) is 40.9 Å². The van der Waals surface area contributed by atoms with Gasteiger partial charge in [0.1, 0.15) is 5.82 Å². The lowest BCUT2D eigenvalue weighted by Crippen LogP contribution is -2.29. The molecule has 0 aliphatic carbocycles. The third-order valence-corrected chi connectivity index (χ3v) is 4.01. The maximum atomic E-state index is 13.9. The Morgan fingerprint density at radius 2 is 1.90 bits per heavy atom. The van der Waals surface area contributed by atoms with E-state index in [1.54, 1.807) is 24.3 Å². The highest BCUT2D eigenvalue weighted by atomic mass is 79.9. The predicted octanol–water partition coefficient (Wildman–Crippen LogP) is 3.97. The van der Waals surface area contributed by atoms with Crippen molar-refractivity contribution in [3.8, 4) is 0 Å². The molecule has 1 heterocycles. The van der Waals surface area contributed by atoms with E-state index in [0.717, 1.165) is 4.47 Å². The summed E-state index contributed by atoms with van der Waals surface area (Å²) >= 11 is 9.01. The molecule has 21 heavy (non-hydrogen) atoms. The molecule has 1 amide bonds. The summed E-state index contributed by atoms with van der Waals surface area (Å²) in [6, 6.07) is 9.18. The molecule has 106 valence electrons. The van der Waals surface area contributed by atoms with Gasteiger partial charge in [-0.25, -0.2) is 4.39 Å². The van der Waals surface area contributed by atoms with Crippen LogP contribution in [0.5, 0.6) is 0 Å². The number of anilines is 1. The molecule has 2 aromatic rings.